The molecular weight excluding hydrogens is 182 g/mol. The molecule has 0 aliphatic heterocycles. The predicted octanol–water partition coefficient (Wildman–Crippen LogP) is 3.50. The molecule has 0 saturated carbocycles. The molecule has 1 heteroatoms. The van der Waals surface area contributed by atoms with Crippen LogP contribution in [0, 0.1) is 0 Å². The van der Waals surface area contributed by atoms with Gasteiger partial charge in [0, 0.05) is 5.69 Å². The first-order valence-corrected chi connectivity index (χ1v) is 5.24. The average Bonchev–Trinajstić information content (AvgIpc) is 2.30. The van der Waals surface area contributed by atoms with Crippen LogP contribution in [0.1, 0.15) is 12.5 Å². The van der Waals surface area contributed by atoms with Crippen LogP contribution in [0.2, 0.25) is 0 Å². The Morgan fingerprint density at radius 2 is 1.67 bits per heavy atom. The van der Waals surface area contributed by atoms with Crippen molar-refractivity contribution in [2.75, 3.05) is 5.73 Å². The third-order valence-corrected chi connectivity index (χ3v) is 2.58. The maximum absolute atomic E-state index is 5.66. The van der Waals surface area contributed by atoms with Gasteiger partial charge in [0.2, 0.25) is 0 Å². The van der Waals surface area contributed by atoms with Gasteiger partial charge >= 0.3 is 0 Å². The first-order chi connectivity index (χ1) is 7.29. The molecule has 0 fully saturated rings. The Kier molecular flexibility index (Phi) is 2.72. The van der Waals surface area contributed by atoms with Crippen molar-refractivity contribution in [3.05, 3.63) is 54.1 Å². The lowest BCUT2D eigenvalue weighted by Crippen LogP contribution is -1.85. The van der Waals surface area contributed by atoms with Gasteiger partial charge in [-0.15, -0.1) is 0 Å². The van der Waals surface area contributed by atoms with Gasteiger partial charge in [0.05, 0.1) is 0 Å². The van der Waals surface area contributed by atoms with Crippen LogP contribution >= 0.6 is 0 Å². The summed E-state index contributed by atoms with van der Waals surface area (Å²) in [4.78, 5) is 0. The van der Waals surface area contributed by atoms with E-state index in [4.69, 9.17) is 5.73 Å². The van der Waals surface area contributed by atoms with E-state index in [2.05, 4.69) is 43.3 Å². The first-order valence-electron chi connectivity index (χ1n) is 5.24. The lowest BCUT2D eigenvalue weighted by atomic mass is 10.0. The standard InChI is InChI=1S/C14H15N/c1-2-11-4-3-5-13(10-11)12-6-8-14(15)9-7-12/h3-10H,2,15H2,1H3. The van der Waals surface area contributed by atoms with E-state index in [1.807, 2.05) is 12.1 Å². The van der Waals surface area contributed by atoms with Crippen LogP contribution in [0.15, 0.2) is 48.5 Å². The van der Waals surface area contributed by atoms with Crippen LogP contribution in [0.4, 0.5) is 5.69 Å². The number of rotatable bonds is 2. The van der Waals surface area contributed by atoms with Crippen molar-refractivity contribution in [2.24, 2.45) is 0 Å². The van der Waals surface area contributed by atoms with E-state index in [1.165, 1.54) is 16.7 Å². The van der Waals surface area contributed by atoms with E-state index >= 15 is 0 Å². The SMILES string of the molecule is CCc1cccc(-c2ccc(N)cc2)c1. The van der Waals surface area contributed by atoms with Crippen LogP contribution < -0.4 is 5.73 Å². The van der Waals surface area contributed by atoms with Gasteiger partial charge in [0.25, 0.3) is 0 Å². The second-order valence-electron chi connectivity index (χ2n) is 3.68. The molecule has 2 aromatic rings. The molecule has 0 aliphatic rings. The van der Waals surface area contributed by atoms with Gasteiger partial charge in [-0.25, -0.2) is 0 Å². The highest BCUT2D eigenvalue weighted by molar-refractivity contribution is 5.66. The molecule has 1 nitrogen and oxygen atoms in total. The molecule has 0 radical (unpaired) electrons. The van der Waals surface area contributed by atoms with Gasteiger partial charge < -0.3 is 5.73 Å². The lowest BCUT2D eigenvalue weighted by Gasteiger charge is -2.04. The summed E-state index contributed by atoms with van der Waals surface area (Å²) in [5, 5.41) is 0. The lowest BCUT2D eigenvalue weighted by molar-refractivity contribution is 1.14. The Balaban J connectivity index is 2.40. The Labute approximate surface area is 90.6 Å². The number of benzene rings is 2. The minimum Gasteiger partial charge on any atom is -0.399 e. The average molecular weight is 197 g/mol. The molecular formula is C14H15N. The van der Waals surface area contributed by atoms with Crippen LogP contribution in [-0.2, 0) is 6.42 Å². The zero-order chi connectivity index (χ0) is 10.7. The van der Waals surface area contributed by atoms with Crippen molar-refractivity contribution >= 4 is 5.69 Å². The first kappa shape index (κ1) is 9.78. The summed E-state index contributed by atoms with van der Waals surface area (Å²) in [5.74, 6) is 0. The van der Waals surface area contributed by atoms with E-state index in [0.29, 0.717) is 0 Å². The van der Waals surface area contributed by atoms with Gasteiger partial charge in [-0.3, -0.25) is 0 Å². The largest absolute Gasteiger partial charge is 0.399 e. The van der Waals surface area contributed by atoms with E-state index in [1.54, 1.807) is 0 Å². The van der Waals surface area contributed by atoms with E-state index < -0.39 is 0 Å². The normalized spacial score (nSPS) is 10.2. The highest BCUT2D eigenvalue weighted by Crippen LogP contribution is 2.21. The van der Waals surface area contributed by atoms with Crippen molar-refractivity contribution in [2.45, 2.75) is 13.3 Å². The molecule has 0 aliphatic carbocycles. The van der Waals surface area contributed by atoms with Crippen LogP contribution in [0.3, 0.4) is 0 Å². The second-order valence-corrected chi connectivity index (χ2v) is 3.68. The Bertz CT molecular complexity index is 443. The minimum atomic E-state index is 0.811. The van der Waals surface area contributed by atoms with Crippen molar-refractivity contribution in [3.8, 4) is 11.1 Å². The Hall–Kier alpha value is -1.76. The molecule has 0 amide bonds. The summed E-state index contributed by atoms with van der Waals surface area (Å²) in [6.07, 6.45) is 1.07. The highest BCUT2D eigenvalue weighted by Gasteiger charge is 1.97. The van der Waals surface area contributed by atoms with Gasteiger partial charge in [0.15, 0.2) is 0 Å². The van der Waals surface area contributed by atoms with E-state index in [9.17, 15) is 0 Å². The molecule has 76 valence electrons. The van der Waals surface area contributed by atoms with Crippen LogP contribution in [0.5, 0.6) is 0 Å². The summed E-state index contributed by atoms with van der Waals surface area (Å²) in [7, 11) is 0. The maximum atomic E-state index is 5.66. The molecule has 0 aromatic heterocycles. The predicted molar refractivity (Wildman–Crippen MR) is 65.7 cm³/mol. The number of hydrogen-bond donors (Lipinski definition) is 1. The summed E-state index contributed by atoms with van der Waals surface area (Å²) < 4.78 is 0. The zero-order valence-electron chi connectivity index (χ0n) is 8.90. The molecule has 2 aromatic carbocycles. The summed E-state index contributed by atoms with van der Waals surface area (Å²) in [6.45, 7) is 2.17. The Morgan fingerprint density at radius 3 is 2.33 bits per heavy atom. The number of aryl methyl sites for hydroxylation is 1. The Morgan fingerprint density at radius 1 is 0.933 bits per heavy atom. The third-order valence-electron chi connectivity index (χ3n) is 2.58. The van der Waals surface area contributed by atoms with Gasteiger partial charge in [-0.05, 0) is 35.2 Å². The number of anilines is 1. The molecule has 0 unspecified atom stereocenters. The number of nitrogens with two attached hydrogens (primary N) is 1. The molecule has 0 atom stereocenters. The van der Waals surface area contributed by atoms with Gasteiger partial charge in [-0.1, -0.05) is 43.3 Å². The molecule has 0 spiro atoms. The third kappa shape index (κ3) is 2.18. The quantitative estimate of drug-likeness (QED) is 0.733. The summed E-state index contributed by atoms with van der Waals surface area (Å²) in [6, 6.07) is 16.6. The van der Waals surface area contributed by atoms with Crippen molar-refractivity contribution in [1.82, 2.24) is 0 Å². The van der Waals surface area contributed by atoms with E-state index in [0.717, 1.165) is 12.1 Å². The molecule has 2 N–H and O–H groups in total. The van der Waals surface area contributed by atoms with Crippen molar-refractivity contribution in [3.63, 3.8) is 0 Å². The van der Waals surface area contributed by atoms with Crippen LogP contribution in [-0.4, -0.2) is 0 Å². The minimum absolute atomic E-state index is 0.811. The van der Waals surface area contributed by atoms with Crippen molar-refractivity contribution < 1.29 is 0 Å². The zero-order valence-corrected chi connectivity index (χ0v) is 8.90. The van der Waals surface area contributed by atoms with E-state index in [-0.39, 0.29) is 0 Å². The van der Waals surface area contributed by atoms with Gasteiger partial charge in [0.1, 0.15) is 0 Å². The molecule has 0 saturated heterocycles. The fourth-order valence-electron chi connectivity index (χ4n) is 1.65. The van der Waals surface area contributed by atoms with Crippen molar-refractivity contribution in [1.29, 1.82) is 0 Å². The molecule has 15 heavy (non-hydrogen) atoms. The summed E-state index contributed by atoms with van der Waals surface area (Å²) >= 11 is 0. The van der Waals surface area contributed by atoms with Gasteiger partial charge in [-0.2, -0.15) is 0 Å². The fourth-order valence-corrected chi connectivity index (χ4v) is 1.65. The fraction of sp³-hybridized carbons (Fsp3) is 0.143. The smallest absolute Gasteiger partial charge is 0.0314 e. The molecule has 0 heterocycles. The number of nitrogen functional groups attached to an aromatic ring is 1. The highest BCUT2D eigenvalue weighted by atomic mass is 14.5. The van der Waals surface area contributed by atoms with Crippen LogP contribution in [0.25, 0.3) is 11.1 Å². The molecule has 2 rings (SSSR count). The number of hydrogen-bond acceptors (Lipinski definition) is 1. The maximum Gasteiger partial charge on any atom is 0.0314 e. The summed E-state index contributed by atoms with van der Waals surface area (Å²) in [5.41, 5.74) is 10.3. The topological polar surface area (TPSA) is 26.0 Å². The molecule has 0 bridgehead atoms. The monoisotopic (exact) mass is 197 g/mol. The second kappa shape index (κ2) is 4.18.